The van der Waals surface area contributed by atoms with Gasteiger partial charge in [0.15, 0.2) is 5.75 Å². The van der Waals surface area contributed by atoms with Crippen molar-refractivity contribution in [2.24, 2.45) is 14.1 Å². The maximum Gasteiger partial charge on any atom is 0.157 e. The Balaban J connectivity index is 1.59. The van der Waals surface area contributed by atoms with Crippen LogP contribution in [0.15, 0.2) is 24.8 Å². The van der Waals surface area contributed by atoms with Crippen LogP contribution in [0.3, 0.4) is 0 Å². The molecule has 0 saturated carbocycles. The summed E-state index contributed by atoms with van der Waals surface area (Å²) in [6, 6.07) is 0. The monoisotopic (exact) mass is 277 g/mol. The van der Waals surface area contributed by atoms with Crippen LogP contribution in [0, 0.1) is 0 Å². The van der Waals surface area contributed by atoms with E-state index in [0.29, 0.717) is 18.8 Å². The van der Waals surface area contributed by atoms with E-state index in [2.05, 4.69) is 15.1 Å². The van der Waals surface area contributed by atoms with Crippen LogP contribution < -0.4 is 4.74 Å². The molecule has 7 nitrogen and oxygen atoms in total. The van der Waals surface area contributed by atoms with Crippen LogP contribution in [0.25, 0.3) is 0 Å². The van der Waals surface area contributed by atoms with Crippen LogP contribution >= 0.6 is 0 Å². The first kappa shape index (κ1) is 13.1. The average molecular weight is 277 g/mol. The minimum absolute atomic E-state index is 0.212. The fraction of sp³-hybridized carbons (Fsp3) is 0.538. The van der Waals surface area contributed by atoms with E-state index >= 15 is 0 Å². The Labute approximate surface area is 117 Å². The first-order chi connectivity index (χ1) is 9.60. The number of likely N-dealkylation sites (tertiary alicyclic amines) is 1. The summed E-state index contributed by atoms with van der Waals surface area (Å²) < 4.78 is 9.25. The number of ether oxygens (including phenoxy) is 1. The normalized spacial score (nSPS) is 23.4. The molecular weight excluding hydrogens is 258 g/mol. The SMILES string of the molecule is Cn1cc(CN2C[C@@H](O)[C@H](Oc3cnn(C)c3)C2)cn1. The predicted molar refractivity (Wildman–Crippen MR) is 72.1 cm³/mol. The largest absolute Gasteiger partial charge is 0.483 e. The van der Waals surface area contributed by atoms with Crippen molar-refractivity contribution in [1.29, 1.82) is 0 Å². The molecule has 0 spiro atoms. The number of hydrogen-bond acceptors (Lipinski definition) is 5. The van der Waals surface area contributed by atoms with E-state index in [1.807, 2.05) is 26.5 Å². The second kappa shape index (κ2) is 5.26. The molecule has 0 aliphatic carbocycles. The van der Waals surface area contributed by atoms with Gasteiger partial charge in [0.25, 0.3) is 0 Å². The Morgan fingerprint density at radius 1 is 1.20 bits per heavy atom. The zero-order valence-corrected chi connectivity index (χ0v) is 11.7. The molecule has 1 saturated heterocycles. The van der Waals surface area contributed by atoms with E-state index in [0.717, 1.165) is 12.1 Å². The van der Waals surface area contributed by atoms with Crippen molar-refractivity contribution in [2.45, 2.75) is 18.8 Å². The van der Waals surface area contributed by atoms with Crippen molar-refractivity contribution >= 4 is 0 Å². The highest BCUT2D eigenvalue weighted by atomic mass is 16.5. The first-order valence-corrected chi connectivity index (χ1v) is 6.63. The molecule has 0 radical (unpaired) electrons. The minimum atomic E-state index is -0.480. The molecule has 0 unspecified atom stereocenters. The van der Waals surface area contributed by atoms with Crippen molar-refractivity contribution in [3.05, 3.63) is 30.4 Å². The molecule has 2 aromatic rings. The Bertz CT molecular complexity index is 579. The predicted octanol–water partition coefficient (Wildman–Crippen LogP) is -0.222. The summed E-state index contributed by atoms with van der Waals surface area (Å²) in [6.45, 7) is 2.09. The molecule has 2 aromatic heterocycles. The third-order valence-corrected chi connectivity index (χ3v) is 3.45. The van der Waals surface area contributed by atoms with Crippen LogP contribution in [0.5, 0.6) is 5.75 Å². The lowest BCUT2D eigenvalue weighted by atomic mass is 10.3. The van der Waals surface area contributed by atoms with Crippen LogP contribution in [0.1, 0.15) is 5.56 Å². The third-order valence-electron chi connectivity index (χ3n) is 3.45. The van der Waals surface area contributed by atoms with Gasteiger partial charge in [-0.3, -0.25) is 14.3 Å². The molecule has 20 heavy (non-hydrogen) atoms. The van der Waals surface area contributed by atoms with E-state index in [9.17, 15) is 5.11 Å². The molecule has 108 valence electrons. The molecule has 0 aromatic carbocycles. The van der Waals surface area contributed by atoms with Gasteiger partial charge in [0.2, 0.25) is 0 Å². The molecule has 1 N–H and O–H groups in total. The topological polar surface area (TPSA) is 68.3 Å². The summed E-state index contributed by atoms with van der Waals surface area (Å²) >= 11 is 0. The number of aliphatic hydroxyl groups excluding tert-OH is 1. The highest BCUT2D eigenvalue weighted by Crippen LogP contribution is 2.19. The number of aryl methyl sites for hydroxylation is 2. The fourth-order valence-corrected chi connectivity index (χ4v) is 2.52. The van der Waals surface area contributed by atoms with Gasteiger partial charge in [-0.25, -0.2) is 0 Å². The van der Waals surface area contributed by atoms with Gasteiger partial charge in [-0.05, 0) is 0 Å². The van der Waals surface area contributed by atoms with Crippen LogP contribution in [-0.2, 0) is 20.6 Å². The number of aliphatic hydroxyl groups is 1. The summed E-state index contributed by atoms with van der Waals surface area (Å²) in [5, 5.41) is 18.3. The lowest BCUT2D eigenvalue weighted by molar-refractivity contribution is 0.0736. The Kier molecular flexibility index (Phi) is 3.45. The lowest BCUT2D eigenvalue weighted by Gasteiger charge is -2.15. The maximum absolute atomic E-state index is 10.1. The Hall–Kier alpha value is -1.86. The molecule has 1 aliphatic heterocycles. The van der Waals surface area contributed by atoms with Crippen molar-refractivity contribution in [2.75, 3.05) is 13.1 Å². The molecule has 1 fully saturated rings. The van der Waals surface area contributed by atoms with E-state index in [-0.39, 0.29) is 6.10 Å². The molecular formula is C13H19N5O2. The standard InChI is InChI=1S/C13H19N5O2/c1-16-5-10(3-14-16)6-18-8-12(19)13(9-18)20-11-4-15-17(2)7-11/h3-5,7,12-13,19H,6,8-9H2,1-2H3/t12-,13-/m1/s1. The quantitative estimate of drug-likeness (QED) is 0.836. The molecule has 3 rings (SSSR count). The maximum atomic E-state index is 10.1. The second-order valence-electron chi connectivity index (χ2n) is 5.29. The number of β-amino-alcohol motifs (C(OH)–C–C–N with tert-alkyl or cyclic N) is 1. The van der Waals surface area contributed by atoms with E-state index in [4.69, 9.17) is 4.74 Å². The highest BCUT2D eigenvalue weighted by Gasteiger charge is 2.33. The smallest absolute Gasteiger partial charge is 0.157 e. The van der Waals surface area contributed by atoms with Crippen molar-refractivity contribution in [1.82, 2.24) is 24.5 Å². The van der Waals surface area contributed by atoms with Gasteiger partial charge in [-0.2, -0.15) is 10.2 Å². The van der Waals surface area contributed by atoms with Crippen LogP contribution in [0.2, 0.25) is 0 Å². The molecule has 0 bridgehead atoms. The summed E-state index contributed by atoms with van der Waals surface area (Å²) in [6.07, 6.45) is 6.61. The van der Waals surface area contributed by atoms with Crippen molar-refractivity contribution in [3.8, 4) is 5.75 Å². The van der Waals surface area contributed by atoms with Crippen molar-refractivity contribution in [3.63, 3.8) is 0 Å². The van der Waals surface area contributed by atoms with Gasteiger partial charge in [-0.1, -0.05) is 0 Å². The van der Waals surface area contributed by atoms with Gasteiger partial charge in [0.05, 0.1) is 18.6 Å². The number of aromatic nitrogens is 4. The molecule has 7 heteroatoms. The van der Waals surface area contributed by atoms with E-state index in [1.165, 1.54) is 0 Å². The summed E-state index contributed by atoms with van der Waals surface area (Å²) in [5.41, 5.74) is 1.14. The number of nitrogens with zero attached hydrogens (tertiary/aromatic N) is 5. The Morgan fingerprint density at radius 2 is 1.95 bits per heavy atom. The summed E-state index contributed by atoms with van der Waals surface area (Å²) in [7, 11) is 3.74. The van der Waals surface area contributed by atoms with Crippen molar-refractivity contribution < 1.29 is 9.84 Å². The van der Waals surface area contributed by atoms with E-state index < -0.39 is 6.10 Å². The molecule has 1 aliphatic rings. The zero-order chi connectivity index (χ0) is 14.1. The number of rotatable bonds is 4. The van der Waals surface area contributed by atoms with Gasteiger partial charge < -0.3 is 9.84 Å². The van der Waals surface area contributed by atoms with Gasteiger partial charge in [0, 0.05) is 45.5 Å². The van der Waals surface area contributed by atoms with Gasteiger partial charge >= 0.3 is 0 Å². The lowest BCUT2D eigenvalue weighted by Crippen LogP contribution is -2.29. The number of hydrogen-bond donors (Lipinski definition) is 1. The van der Waals surface area contributed by atoms with Crippen LogP contribution in [-0.4, -0.2) is 54.9 Å². The average Bonchev–Trinajstić information content (AvgIpc) is 3.05. The summed E-state index contributed by atoms with van der Waals surface area (Å²) in [5.74, 6) is 0.694. The van der Waals surface area contributed by atoms with Gasteiger partial charge in [0.1, 0.15) is 12.2 Å². The third kappa shape index (κ3) is 2.83. The summed E-state index contributed by atoms with van der Waals surface area (Å²) in [4.78, 5) is 2.17. The minimum Gasteiger partial charge on any atom is -0.483 e. The molecule has 0 amide bonds. The first-order valence-electron chi connectivity index (χ1n) is 6.63. The molecule has 2 atom stereocenters. The second-order valence-corrected chi connectivity index (χ2v) is 5.29. The zero-order valence-electron chi connectivity index (χ0n) is 11.7. The Morgan fingerprint density at radius 3 is 2.60 bits per heavy atom. The fourth-order valence-electron chi connectivity index (χ4n) is 2.52. The van der Waals surface area contributed by atoms with Gasteiger partial charge in [-0.15, -0.1) is 0 Å². The van der Waals surface area contributed by atoms with E-state index in [1.54, 1.807) is 21.8 Å². The highest BCUT2D eigenvalue weighted by molar-refractivity contribution is 5.13. The van der Waals surface area contributed by atoms with Crippen LogP contribution in [0.4, 0.5) is 0 Å². The molecule has 3 heterocycles.